The zero-order valence-electron chi connectivity index (χ0n) is 30.4. The van der Waals surface area contributed by atoms with Gasteiger partial charge in [0.25, 0.3) is 0 Å². The van der Waals surface area contributed by atoms with Gasteiger partial charge in [-0.2, -0.15) is 0 Å². The van der Waals surface area contributed by atoms with E-state index in [0.29, 0.717) is 6.61 Å². The highest BCUT2D eigenvalue weighted by molar-refractivity contribution is 5.72. The number of benzene rings is 4. The molecule has 0 aromatic heterocycles. The fraction of sp³-hybridized carbons (Fsp3) is 0.366. The number of carbonyl (C=O) groups is 2. The van der Waals surface area contributed by atoms with E-state index >= 15 is 0 Å². The Morgan fingerprint density at radius 1 is 0.571 bits per heavy atom. The molecule has 0 fully saturated rings. The van der Waals surface area contributed by atoms with Crippen molar-refractivity contribution >= 4 is 11.9 Å². The van der Waals surface area contributed by atoms with Crippen molar-refractivity contribution in [3.8, 4) is 23.0 Å². The van der Waals surface area contributed by atoms with Gasteiger partial charge in [-0.15, -0.1) is 0 Å². The van der Waals surface area contributed by atoms with Crippen LogP contribution in [0.1, 0.15) is 81.7 Å². The molecule has 0 aliphatic carbocycles. The van der Waals surface area contributed by atoms with Gasteiger partial charge in [0, 0.05) is 11.8 Å². The molecule has 0 aliphatic heterocycles. The lowest BCUT2D eigenvalue weighted by Gasteiger charge is -2.21. The Morgan fingerprint density at radius 3 is 1.47 bits per heavy atom. The van der Waals surface area contributed by atoms with Crippen LogP contribution in [0.15, 0.2) is 66.7 Å². The molecule has 4 rings (SSSR count). The number of hydrogen-bond donors (Lipinski definition) is 1. The summed E-state index contributed by atoms with van der Waals surface area (Å²) in [6.07, 6.45) is 0.309. The standard InChI is InChI=1S/C22H28O4.C19H22O4/c1-7-26-22(23)13-19(17-8-9-20(24-5)15(3)11-17)18-10-14(2)16(4)21(12-18)25-6;1-12-9-15(10-18(23-4)13(12)2)17(11-19(20)21)14-5-7-16(22-3)8-6-14/h8-12,19H,7,13H2,1-6H3;5-10,17H,11H2,1-4H3,(H,20,21). The lowest BCUT2D eigenvalue weighted by molar-refractivity contribution is -0.143. The maximum absolute atomic E-state index is 12.2. The van der Waals surface area contributed by atoms with Gasteiger partial charge in [-0.25, -0.2) is 0 Å². The van der Waals surface area contributed by atoms with Gasteiger partial charge in [-0.05, 0) is 122 Å². The lowest BCUT2D eigenvalue weighted by Crippen LogP contribution is -2.12. The topological polar surface area (TPSA) is 101 Å². The van der Waals surface area contributed by atoms with Crippen LogP contribution in [0.2, 0.25) is 0 Å². The fourth-order valence-electron chi connectivity index (χ4n) is 5.91. The second kappa shape index (κ2) is 18.0. The normalized spacial score (nSPS) is 11.8. The second-order valence-electron chi connectivity index (χ2n) is 12.0. The number of hydrogen-bond acceptors (Lipinski definition) is 7. The average Bonchev–Trinajstić information content (AvgIpc) is 3.08. The summed E-state index contributed by atoms with van der Waals surface area (Å²) in [7, 11) is 6.57. The van der Waals surface area contributed by atoms with Crippen LogP contribution < -0.4 is 18.9 Å². The van der Waals surface area contributed by atoms with E-state index in [1.165, 1.54) is 0 Å². The first-order chi connectivity index (χ1) is 23.4. The Morgan fingerprint density at radius 2 is 1.04 bits per heavy atom. The van der Waals surface area contributed by atoms with Crippen molar-refractivity contribution in [1.82, 2.24) is 0 Å². The largest absolute Gasteiger partial charge is 0.497 e. The molecular weight excluding hydrogens is 620 g/mol. The molecule has 0 amide bonds. The molecule has 0 saturated carbocycles. The fourth-order valence-corrected chi connectivity index (χ4v) is 5.91. The van der Waals surface area contributed by atoms with Crippen molar-refractivity contribution in [3.05, 3.63) is 117 Å². The minimum atomic E-state index is -0.831. The van der Waals surface area contributed by atoms with E-state index in [1.807, 2.05) is 89.2 Å². The van der Waals surface area contributed by atoms with Gasteiger partial charge in [0.15, 0.2) is 0 Å². The number of esters is 1. The third kappa shape index (κ3) is 10.0. The summed E-state index contributed by atoms with van der Waals surface area (Å²) >= 11 is 0. The maximum Gasteiger partial charge on any atom is 0.306 e. The Labute approximate surface area is 290 Å². The lowest BCUT2D eigenvalue weighted by atomic mass is 9.86. The van der Waals surface area contributed by atoms with Gasteiger partial charge in [-0.3, -0.25) is 9.59 Å². The van der Waals surface area contributed by atoms with E-state index in [1.54, 1.807) is 28.4 Å². The Balaban J connectivity index is 0.000000267. The molecule has 0 heterocycles. The van der Waals surface area contributed by atoms with Crippen LogP contribution in [-0.4, -0.2) is 52.1 Å². The van der Waals surface area contributed by atoms with E-state index in [4.69, 9.17) is 23.7 Å². The predicted octanol–water partition coefficient (Wildman–Crippen LogP) is 8.64. The first-order valence-corrected chi connectivity index (χ1v) is 16.3. The number of carbonyl (C=O) groups excluding carboxylic acids is 1. The summed E-state index contributed by atoms with van der Waals surface area (Å²) in [4.78, 5) is 23.6. The molecular formula is C41H50O8. The van der Waals surface area contributed by atoms with Gasteiger partial charge in [0.05, 0.1) is 47.9 Å². The summed E-state index contributed by atoms with van der Waals surface area (Å²) < 4.78 is 26.7. The van der Waals surface area contributed by atoms with Gasteiger partial charge in [0.2, 0.25) is 0 Å². The summed E-state index contributed by atoms with van der Waals surface area (Å²) in [6.45, 7) is 12.3. The maximum atomic E-state index is 12.2. The number of aryl methyl sites for hydroxylation is 3. The average molecular weight is 671 g/mol. The zero-order valence-corrected chi connectivity index (χ0v) is 30.4. The highest BCUT2D eigenvalue weighted by atomic mass is 16.5. The molecule has 0 bridgehead atoms. The van der Waals surface area contributed by atoms with Crippen LogP contribution in [0.3, 0.4) is 0 Å². The zero-order chi connectivity index (χ0) is 36.2. The summed E-state index contributed by atoms with van der Waals surface area (Å²) in [6, 6.07) is 21.7. The molecule has 262 valence electrons. The van der Waals surface area contributed by atoms with Gasteiger partial charge >= 0.3 is 11.9 Å². The third-order valence-corrected chi connectivity index (χ3v) is 8.92. The van der Waals surface area contributed by atoms with E-state index in [2.05, 4.69) is 19.1 Å². The molecule has 0 radical (unpaired) electrons. The molecule has 1 N–H and O–H groups in total. The highest BCUT2D eigenvalue weighted by Gasteiger charge is 2.23. The minimum Gasteiger partial charge on any atom is -0.497 e. The van der Waals surface area contributed by atoms with Crippen LogP contribution in [0.25, 0.3) is 0 Å². The second-order valence-corrected chi connectivity index (χ2v) is 12.0. The molecule has 49 heavy (non-hydrogen) atoms. The summed E-state index contributed by atoms with van der Waals surface area (Å²) in [5.74, 6) is 1.83. The van der Waals surface area contributed by atoms with Crippen LogP contribution in [0, 0.1) is 34.6 Å². The van der Waals surface area contributed by atoms with Crippen LogP contribution in [0.5, 0.6) is 23.0 Å². The summed E-state index contributed by atoms with van der Waals surface area (Å²) in [5, 5.41) is 9.30. The van der Waals surface area contributed by atoms with E-state index in [-0.39, 0.29) is 30.6 Å². The monoisotopic (exact) mass is 670 g/mol. The molecule has 4 aromatic rings. The van der Waals surface area contributed by atoms with Gasteiger partial charge < -0.3 is 28.8 Å². The minimum absolute atomic E-state index is 0.0258. The van der Waals surface area contributed by atoms with Crippen molar-refractivity contribution in [2.45, 2.75) is 66.2 Å². The predicted molar refractivity (Wildman–Crippen MR) is 193 cm³/mol. The van der Waals surface area contributed by atoms with Crippen molar-refractivity contribution in [2.75, 3.05) is 35.0 Å². The van der Waals surface area contributed by atoms with Crippen molar-refractivity contribution in [1.29, 1.82) is 0 Å². The Hall–Kier alpha value is -4.98. The number of methoxy groups -OCH3 is 4. The van der Waals surface area contributed by atoms with Gasteiger partial charge in [-0.1, -0.05) is 36.4 Å². The van der Waals surface area contributed by atoms with Crippen LogP contribution >= 0.6 is 0 Å². The molecule has 0 aliphatic rings. The van der Waals surface area contributed by atoms with Crippen molar-refractivity contribution in [2.24, 2.45) is 0 Å². The molecule has 8 nitrogen and oxygen atoms in total. The third-order valence-electron chi connectivity index (χ3n) is 8.92. The van der Waals surface area contributed by atoms with E-state index < -0.39 is 5.97 Å². The van der Waals surface area contributed by atoms with Crippen molar-refractivity contribution in [3.63, 3.8) is 0 Å². The Kier molecular flexibility index (Phi) is 14.1. The molecule has 0 spiro atoms. The number of carboxylic acid groups (broad SMARTS) is 1. The SMILES string of the molecule is CCOC(=O)CC(c1ccc(OC)c(C)c1)c1cc(C)c(C)c(OC)c1.COc1ccc(C(CC(=O)O)c2cc(C)c(C)c(OC)c2)cc1. The first-order valence-electron chi connectivity index (χ1n) is 16.3. The molecule has 2 unspecified atom stereocenters. The molecule has 8 heteroatoms. The number of aliphatic carboxylic acids is 1. The smallest absolute Gasteiger partial charge is 0.306 e. The van der Waals surface area contributed by atoms with Gasteiger partial charge in [0.1, 0.15) is 23.0 Å². The summed E-state index contributed by atoms with van der Waals surface area (Å²) in [5.41, 5.74) is 9.42. The van der Waals surface area contributed by atoms with Crippen molar-refractivity contribution < 1.29 is 38.4 Å². The van der Waals surface area contributed by atoms with Crippen LogP contribution in [-0.2, 0) is 14.3 Å². The molecule has 0 saturated heterocycles. The van der Waals surface area contributed by atoms with Crippen LogP contribution in [0.4, 0.5) is 0 Å². The highest BCUT2D eigenvalue weighted by Crippen LogP contribution is 2.36. The number of ether oxygens (including phenoxy) is 5. The van der Waals surface area contributed by atoms with E-state index in [0.717, 1.165) is 73.1 Å². The quantitative estimate of drug-likeness (QED) is 0.141. The molecule has 4 aromatic carbocycles. The molecule has 2 atom stereocenters. The van der Waals surface area contributed by atoms with E-state index in [9.17, 15) is 14.7 Å². The number of rotatable bonds is 13. The first kappa shape index (κ1) is 38.5. The number of carboxylic acids is 1. The Bertz CT molecular complexity index is 1720.